The van der Waals surface area contributed by atoms with Crippen molar-refractivity contribution in [1.29, 1.82) is 0 Å². The fourth-order valence-corrected chi connectivity index (χ4v) is 4.17. The lowest BCUT2D eigenvalue weighted by molar-refractivity contribution is 0.122. The molecule has 0 amide bonds. The molecule has 5 heterocycles. The van der Waals surface area contributed by atoms with Crippen molar-refractivity contribution in [3.05, 3.63) is 37.1 Å². The maximum absolute atomic E-state index is 5.44. The third-order valence-corrected chi connectivity index (χ3v) is 5.89. The van der Waals surface area contributed by atoms with Crippen LogP contribution in [0.2, 0.25) is 0 Å². The molecule has 3 aromatic rings. The molecule has 0 N–H and O–H groups in total. The molecule has 0 atom stereocenters. The molecule has 29 heavy (non-hydrogen) atoms. The van der Waals surface area contributed by atoms with Crippen molar-refractivity contribution >= 4 is 23.2 Å². The van der Waals surface area contributed by atoms with Crippen LogP contribution in [0.5, 0.6) is 0 Å². The molecule has 5 rings (SSSR count). The quantitative estimate of drug-likeness (QED) is 0.658. The van der Waals surface area contributed by atoms with Crippen LogP contribution in [0.25, 0.3) is 5.65 Å². The van der Waals surface area contributed by atoms with Gasteiger partial charge in [0, 0.05) is 70.3 Å². The van der Waals surface area contributed by atoms with Gasteiger partial charge in [-0.25, -0.2) is 15.0 Å². The lowest BCUT2D eigenvalue weighted by Gasteiger charge is -2.38. The summed E-state index contributed by atoms with van der Waals surface area (Å²) >= 11 is 0. The first-order valence-corrected chi connectivity index (χ1v) is 10.2. The monoisotopic (exact) mass is 394 g/mol. The minimum absolute atomic E-state index is 0.443. The van der Waals surface area contributed by atoms with Crippen LogP contribution in [-0.4, -0.2) is 76.8 Å². The number of hydrogen-bond acceptors (Lipinski definition) is 8. The molecule has 0 aromatic carbocycles. The van der Waals surface area contributed by atoms with E-state index >= 15 is 0 Å². The van der Waals surface area contributed by atoms with Gasteiger partial charge >= 0.3 is 0 Å². The molecule has 3 aromatic heterocycles. The highest BCUT2D eigenvalue weighted by Gasteiger charge is 2.26. The summed E-state index contributed by atoms with van der Waals surface area (Å²) in [6, 6.07) is 2.45. The van der Waals surface area contributed by atoms with Gasteiger partial charge < -0.3 is 23.8 Å². The summed E-state index contributed by atoms with van der Waals surface area (Å²) in [6.45, 7) is 5.07. The van der Waals surface area contributed by atoms with Crippen LogP contribution in [0.3, 0.4) is 0 Å². The van der Waals surface area contributed by atoms with Crippen molar-refractivity contribution in [3.63, 3.8) is 0 Å². The highest BCUT2D eigenvalue weighted by atomic mass is 16.5. The molecule has 9 heteroatoms. The van der Waals surface area contributed by atoms with Gasteiger partial charge in [0.05, 0.1) is 13.2 Å². The normalized spacial score (nSPS) is 18.4. The van der Waals surface area contributed by atoms with E-state index in [1.165, 1.54) is 0 Å². The fourth-order valence-electron chi connectivity index (χ4n) is 4.17. The van der Waals surface area contributed by atoms with Gasteiger partial charge in [-0.3, -0.25) is 0 Å². The Bertz CT molecular complexity index is 962. The van der Waals surface area contributed by atoms with Crippen LogP contribution in [-0.2, 0) is 4.74 Å². The summed E-state index contributed by atoms with van der Waals surface area (Å²) in [5.41, 5.74) is 0.922. The number of aromatic nitrogens is 5. The Kier molecular flexibility index (Phi) is 4.89. The van der Waals surface area contributed by atoms with E-state index in [4.69, 9.17) is 9.72 Å². The summed E-state index contributed by atoms with van der Waals surface area (Å²) in [7, 11) is 2.14. The van der Waals surface area contributed by atoms with Crippen molar-refractivity contribution in [2.45, 2.75) is 18.9 Å². The largest absolute Gasteiger partial charge is 0.378 e. The van der Waals surface area contributed by atoms with Crippen molar-refractivity contribution in [2.75, 3.05) is 61.1 Å². The van der Waals surface area contributed by atoms with Gasteiger partial charge in [-0.05, 0) is 18.9 Å². The van der Waals surface area contributed by atoms with Gasteiger partial charge in [-0.15, -0.1) is 0 Å². The number of imidazole rings is 1. The van der Waals surface area contributed by atoms with Crippen LogP contribution in [0.15, 0.2) is 37.1 Å². The van der Waals surface area contributed by atoms with E-state index in [9.17, 15) is 0 Å². The van der Waals surface area contributed by atoms with E-state index < -0.39 is 0 Å². The minimum atomic E-state index is 0.443. The first-order valence-electron chi connectivity index (χ1n) is 10.2. The SMILES string of the molecule is CN(c1ccnc(N2CCOCC2)n1)C1CCN(c2nccn3ccnc23)CC1. The zero-order chi connectivity index (χ0) is 19.6. The summed E-state index contributed by atoms with van der Waals surface area (Å²) < 4.78 is 7.46. The number of rotatable bonds is 4. The Balaban J connectivity index is 1.26. The molecule has 152 valence electrons. The number of nitrogens with zero attached hydrogens (tertiary/aromatic N) is 8. The Morgan fingerprint density at radius 3 is 2.48 bits per heavy atom. The van der Waals surface area contributed by atoms with Crippen LogP contribution in [0, 0.1) is 0 Å². The topological polar surface area (TPSA) is 74.9 Å². The van der Waals surface area contributed by atoms with E-state index in [1.807, 2.05) is 41.5 Å². The van der Waals surface area contributed by atoms with Gasteiger partial charge in [-0.2, -0.15) is 4.98 Å². The molecule has 0 radical (unpaired) electrons. The molecule has 0 bridgehead atoms. The fraction of sp³-hybridized carbons (Fsp3) is 0.500. The molecule has 0 spiro atoms. The van der Waals surface area contributed by atoms with E-state index in [0.29, 0.717) is 6.04 Å². The Hall–Kier alpha value is -2.94. The Morgan fingerprint density at radius 1 is 0.931 bits per heavy atom. The van der Waals surface area contributed by atoms with Gasteiger partial charge in [-0.1, -0.05) is 0 Å². The Labute approximate surface area is 170 Å². The second kappa shape index (κ2) is 7.82. The molecule has 2 fully saturated rings. The molecule has 2 saturated heterocycles. The van der Waals surface area contributed by atoms with E-state index in [1.54, 1.807) is 0 Å². The summed E-state index contributed by atoms with van der Waals surface area (Å²) in [6.07, 6.45) is 11.5. The molecule has 9 nitrogen and oxygen atoms in total. The van der Waals surface area contributed by atoms with Crippen LogP contribution >= 0.6 is 0 Å². The smallest absolute Gasteiger partial charge is 0.227 e. The Morgan fingerprint density at radius 2 is 1.69 bits per heavy atom. The molecule has 0 saturated carbocycles. The predicted octanol–water partition coefficient (Wildman–Crippen LogP) is 1.46. The predicted molar refractivity (Wildman–Crippen MR) is 112 cm³/mol. The average molecular weight is 394 g/mol. The van der Waals surface area contributed by atoms with Crippen LogP contribution in [0.4, 0.5) is 17.6 Å². The highest BCUT2D eigenvalue weighted by molar-refractivity contribution is 5.64. The maximum Gasteiger partial charge on any atom is 0.227 e. The third kappa shape index (κ3) is 3.57. The second-order valence-electron chi connectivity index (χ2n) is 7.55. The number of morpholine rings is 1. The molecule has 0 aliphatic carbocycles. The summed E-state index contributed by atoms with van der Waals surface area (Å²) in [5.74, 6) is 2.74. The highest BCUT2D eigenvalue weighted by Crippen LogP contribution is 2.26. The van der Waals surface area contributed by atoms with Crippen LogP contribution in [0.1, 0.15) is 12.8 Å². The number of hydrogen-bond donors (Lipinski definition) is 0. The van der Waals surface area contributed by atoms with Gasteiger partial charge in [0.2, 0.25) is 5.95 Å². The first-order chi connectivity index (χ1) is 14.3. The zero-order valence-electron chi connectivity index (χ0n) is 16.7. The van der Waals surface area contributed by atoms with Crippen molar-refractivity contribution < 1.29 is 4.74 Å². The zero-order valence-corrected chi connectivity index (χ0v) is 16.7. The number of piperidine rings is 1. The molecule has 2 aliphatic heterocycles. The van der Waals surface area contributed by atoms with Crippen molar-refractivity contribution in [3.8, 4) is 0 Å². The standard InChI is InChI=1S/C20H26N8O/c1-25(17-2-5-23-20(24-17)28-12-14-29-15-13-28)16-3-8-26(9-4-16)18-19-22-7-11-27(19)10-6-21-18/h2,5-7,10-11,16H,3-4,8-9,12-15H2,1H3. The number of ether oxygens (including phenoxy) is 1. The van der Waals surface area contributed by atoms with Crippen molar-refractivity contribution in [1.82, 2.24) is 24.3 Å². The van der Waals surface area contributed by atoms with Gasteiger partial charge in [0.25, 0.3) is 0 Å². The lowest BCUT2D eigenvalue weighted by Crippen LogP contribution is -2.44. The minimum Gasteiger partial charge on any atom is -0.378 e. The van der Waals surface area contributed by atoms with E-state index in [0.717, 1.165) is 75.5 Å². The van der Waals surface area contributed by atoms with Gasteiger partial charge in [0.1, 0.15) is 5.82 Å². The molecular formula is C20H26N8O. The third-order valence-electron chi connectivity index (χ3n) is 5.89. The van der Waals surface area contributed by atoms with Crippen molar-refractivity contribution in [2.24, 2.45) is 0 Å². The summed E-state index contributed by atoms with van der Waals surface area (Å²) in [4.78, 5) is 25.2. The molecule has 0 unspecified atom stereocenters. The number of anilines is 3. The summed E-state index contributed by atoms with van der Waals surface area (Å²) in [5, 5.41) is 0. The van der Waals surface area contributed by atoms with Gasteiger partial charge in [0.15, 0.2) is 11.5 Å². The molecule has 2 aliphatic rings. The second-order valence-corrected chi connectivity index (χ2v) is 7.55. The molecular weight excluding hydrogens is 368 g/mol. The first kappa shape index (κ1) is 18.1. The van der Waals surface area contributed by atoms with Crippen LogP contribution < -0.4 is 14.7 Å². The average Bonchev–Trinajstić information content (AvgIpc) is 3.28. The van der Waals surface area contributed by atoms with E-state index in [-0.39, 0.29) is 0 Å². The van der Waals surface area contributed by atoms with E-state index in [2.05, 4.69) is 36.7 Å². The lowest BCUT2D eigenvalue weighted by atomic mass is 10.0. The maximum atomic E-state index is 5.44. The number of fused-ring (bicyclic) bond motifs is 1.